The van der Waals surface area contributed by atoms with Crippen molar-refractivity contribution in [2.75, 3.05) is 0 Å². The maximum absolute atomic E-state index is 10.7. The molecular weight excluding hydrogens is 164 g/mol. The number of rotatable bonds is 6. The summed E-state index contributed by atoms with van der Waals surface area (Å²) in [5.74, 6) is 1.30. The summed E-state index contributed by atoms with van der Waals surface area (Å²) in [5.41, 5.74) is 0. The zero-order valence-corrected chi connectivity index (χ0v) is 8.08. The highest BCUT2D eigenvalue weighted by atomic mass is 16.5. The Balaban J connectivity index is 3.71. The molecule has 0 aromatic carbocycles. The Morgan fingerprint density at radius 3 is 2.85 bits per heavy atom. The molecule has 0 N–H and O–H groups in total. The second-order valence-corrected chi connectivity index (χ2v) is 2.82. The molecule has 2 heteroatoms. The summed E-state index contributed by atoms with van der Waals surface area (Å²) in [5, 5.41) is 0. The first-order valence-electron chi connectivity index (χ1n) is 4.54. The number of ether oxygens (including phenoxy) is 1. The highest BCUT2D eigenvalue weighted by Crippen LogP contribution is 2.07. The first-order valence-corrected chi connectivity index (χ1v) is 4.54. The van der Waals surface area contributed by atoms with E-state index in [1.54, 1.807) is 6.08 Å². The van der Waals surface area contributed by atoms with E-state index >= 15 is 0 Å². The topological polar surface area (TPSA) is 26.3 Å². The van der Waals surface area contributed by atoms with Gasteiger partial charge in [0, 0.05) is 5.92 Å². The van der Waals surface area contributed by atoms with Crippen LogP contribution >= 0.6 is 0 Å². The lowest BCUT2D eigenvalue weighted by molar-refractivity contribution is -0.140. The van der Waals surface area contributed by atoms with E-state index in [4.69, 9.17) is 11.2 Å². The normalized spacial score (nSPS) is 11.4. The maximum Gasteiger partial charge on any atom is 0.384 e. The molecule has 0 fully saturated rings. The molecule has 0 amide bonds. The maximum atomic E-state index is 10.7. The summed E-state index contributed by atoms with van der Waals surface area (Å²) in [4.78, 5) is 10.7. The van der Waals surface area contributed by atoms with Crippen molar-refractivity contribution in [2.45, 2.75) is 38.7 Å². The minimum atomic E-state index is -0.610. The van der Waals surface area contributed by atoms with Crippen molar-refractivity contribution in [1.29, 1.82) is 0 Å². The average molecular weight is 180 g/mol. The van der Waals surface area contributed by atoms with Gasteiger partial charge in [-0.25, -0.2) is 4.79 Å². The molecule has 0 aromatic heterocycles. The Kier molecular flexibility index (Phi) is 6.72. The summed E-state index contributed by atoms with van der Waals surface area (Å²) < 4.78 is 4.90. The van der Waals surface area contributed by atoms with E-state index in [1.165, 1.54) is 0 Å². The van der Waals surface area contributed by atoms with Crippen LogP contribution in [0.2, 0.25) is 0 Å². The number of terminal acetylenes is 1. The van der Waals surface area contributed by atoms with Crippen molar-refractivity contribution in [1.82, 2.24) is 0 Å². The Morgan fingerprint density at radius 2 is 2.38 bits per heavy atom. The molecular formula is C11H16O2. The Morgan fingerprint density at radius 1 is 1.69 bits per heavy atom. The largest absolute Gasteiger partial charge is 0.449 e. The standard InChI is InChI=1S/C11H16O2/c1-4-7-8-9-10(5-2)13-11(12)6-3/h3,5,10H,2,4,7-9H2,1H3/t10-/m1/s1. The first-order chi connectivity index (χ1) is 6.24. The zero-order chi connectivity index (χ0) is 10.1. The Labute approximate surface area is 80.0 Å². The quantitative estimate of drug-likeness (QED) is 0.206. The number of carbonyl (C=O) groups excluding carboxylic acids is 1. The number of unbranched alkanes of at least 4 members (excludes halogenated alkanes) is 2. The first kappa shape index (κ1) is 11.8. The highest BCUT2D eigenvalue weighted by molar-refractivity contribution is 5.87. The van der Waals surface area contributed by atoms with Crippen LogP contribution in [-0.2, 0) is 9.53 Å². The van der Waals surface area contributed by atoms with Crippen LogP contribution in [0.5, 0.6) is 0 Å². The SMILES string of the molecule is C#CC(=O)O[C@H](C=C)CCCCC. The molecule has 1 atom stereocenters. The van der Waals surface area contributed by atoms with Crippen LogP contribution in [0.4, 0.5) is 0 Å². The smallest absolute Gasteiger partial charge is 0.384 e. The molecule has 0 heterocycles. The van der Waals surface area contributed by atoms with Crippen molar-refractivity contribution < 1.29 is 9.53 Å². The molecule has 0 radical (unpaired) electrons. The van der Waals surface area contributed by atoms with Gasteiger partial charge in [0.15, 0.2) is 0 Å². The van der Waals surface area contributed by atoms with Gasteiger partial charge in [-0.1, -0.05) is 32.4 Å². The van der Waals surface area contributed by atoms with Crippen LogP contribution in [0.3, 0.4) is 0 Å². The molecule has 0 aromatic rings. The molecule has 13 heavy (non-hydrogen) atoms. The molecule has 0 spiro atoms. The van der Waals surface area contributed by atoms with E-state index in [2.05, 4.69) is 13.5 Å². The third kappa shape index (κ3) is 5.98. The summed E-state index contributed by atoms with van der Waals surface area (Å²) in [7, 11) is 0. The van der Waals surface area contributed by atoms with Crippen LogP contribution in [0.1, 0.15) is 32.6 Å². The number of esters is 1. The summed E-state index contributed by atoms with van der Waals surface area (Å²) in [6.45, 7) is 5.70. The monoisotopic (exact) mass is 180 g/mol. The summed E-state index contributed by atoms with van der Waals surface area (Å²) >= 11 is 0. The molecule has 72 valence electrons. The molecule has 0 bridgehead atoms. The van der Waals surface area contributed by atoms with Gasteiger partial charge >= 0.3 is 5.97 Å². The van der Waals surface area contributed by atoms with E-state index in [0.29, 0.717) is 0 Å². The van der Waals surface area contributed by atoms with Crippen LogP contribution in [0.25, 0.3) is 0 Å². The minimum Gasteiger partial charge on any atom is -0.449 e. The fourth-order valence-electron chi connectivity index (χ4n) is 0.992. The van der Waals surface area contributed by atoms with E-state index in [9.17, 15) is 4.79 Å². The molecule has 0 saturated heterocycles. The van der Waals surface area contributed by atoms with Crippen molar-refractivity contribution in [3.05, 3.63) is 12.7 Å². The van der Waals surface area contributed by atoms with E-state index < -0.39 is 5.97 Å². The third-order valence-corrected chi connectivity index (χ3v) is 1.73. The Bertz CT molecular complexity index is 201. The van der Waals surface area contributed by atoms with Gasteiger partial charge in [-0.15, -0.1) is 6.42 Å². The van der Waals surface area contributed by atoms with E-state index in [0.717, 1.165) is 25.7 Å². The van der Waals surface area contributed by atoms with Crippen LogP contribution in [-0.4, -0.2) is 12.1 Å². The van der Waals surface area contributed by atoms with Crippen LogP contribution < -0.4 is 0 Å². The fraction of sp³-hybridized carbons (Fsp3) is 0.545. The second kappa shape index (κ2) is 7.42. The van der Waals surface area contributed by atoms with Crippen molar-refractivity contribution in [3.8, 4) is 12.3 Å². The number of hydrogen-bond donors (Lipinski definition) is 0. The minimum absolute atomic E-state index is 0.227. The van der Waals surface area contributed by atoms with Crippen molar-refractivity contribution in [3.63, 3.8) is 0 Å². The van der Waals surface area contributed by atoms with Gasteiger partial charge in [0.1, 0.15) is 6.10 Å². The van der Waals surface area contributed by atoms with Crippen molar-refractivity contribution >= 4 is 5.97 Å². The van der Waals surface area contributed by atoms with Gasteiger partial charge < -0.3 is 4.74 Å². The molecule has 0 rings (SSSR count). The second-order valence-electron chi connectivity index (χ2n) is 2.82. The number of hydrogen-bond acceptors (Lipinski definition) is 2. The lowest BCUT2D eigenvalue weighted by Gasteiger charge is -2.10. The predicted octanol–water partition coefficient (Wildman–Crippen LogP) is 2.30. The molecule has 0 aliphatic carbocycles. The molecule has 0 saturated carbocycles. The zero-order valence-electron chi connectivity index (χ0n) is 8.08. The van der Waals surface area contributed by atoms with E-state index in [1.807, 2.05) is 5.92 Å². The van der Waals surface area contributed by atoms with Gasteiger partial charge in [0.25, 0.3) is 0 Å². The molecule has 0 aliphatic heterocycles. The van der Waals surface area contributed by atoms with Gasteiger partial charge in [-0.05, 0) is 12.8 Å². The lowest BCUT2D eigenvalue weighted by Crippen LogP contribution is -2.14. The molecule has 0 unspecified atom stereocenters. The lowest BCUT2D eigenvalue weighted by atomic mass is 10.1. The van der Waals surface area contributed by atoms with Crippen LogP contribution in [0.15, 0.2) is 12.7 Å². The van der Waals surface area contributed by atoms with Gasteiger partial charge in [-0.3, -0.25) is 0 Å². The Hall–Kier alpha value is -1.23. The predicted molar refractivity (Wildman–Crippen MR) is 53.1 cm³/mol. The van der Waals surface area contributed by atoms with Crippen molar-refractivity contribution in [2.24, 2.45) is 0 Å². The summed E-state index contributed by atoms with van der Waals surface area (Å²) in [6, 6.07) is 0. The van der Waals surface area contributed by atoms with Gasteiger partial charge in [-0.2, -0.15) is 0 Å². The van der Waals surface area contributed by atoms with Crippen LogP contribution in [0, 0.1) is 12.3 Å². The summed E-state index contributed by atoms with van der Waals surface area (Å²) in [6.07, 6.45) is 10.4. The fourth-order valence-corrected chi connectivity index (χ4v) is 0.992. The number of carbonyl (C=O) groups is 1. The van der Waals surface area contributed by atoms with Gasteiger partial charge in [0.2, 0.25) is 0 Å². The molecule has 2 nitrogen and oxygen atoms in total. The highest BCUT2D eigenvalue weighted by Gasteiger charge is 2.07. The third-order valence-electron chi connectivity index (χ3n) is 1.73. The van der Waals surface area contributed by atoms with Gasteiger partial charge in [0.05, 0.1) is 0 Å². The average Bonchev–Trinajstić information content (AvgIpc) is 2.16. The molecule has 0 aliphatic rings. The van der Waals surface area contributed by atoms with E-state index in [-0.39, 0.29) is 6.10 Å².